The molecule has 1 heterocycles. The molecule has 0 bridgehead atoms. The van der Waals surface area contributed by atoms with E-state index in [4.69, 9.17) is 5.73 Å². The number of hydrogen-bond donors (Lipinski definition) is 4. The number of primary amides is 1. The third kappa shape index (κ3) is 4.35. The Labute approximate surface area is 142 Å². The monoisotopic (exact) mass is 333 g/mol. The van der Waals surface area contributed by atoms with E-state index in [1.165, 1.54) is 25.5 Å². The van der Waals surface area contributed by atoms with Crippen LogP contribution in [0.25, 0.3) is 0 Å². The number of amides is 1. The molecule has 7 heteroatoms. The Morgan fingerprint density at radius 1 is 1.08 bits per heavy atom. The van der Waals surface area contributed by atoms with Crippen LogP contribution in [-0.4, -0.2) is 39.2 Å². The maximum atomic E-state index is 11.7. The molecule has 2 aliphatic rings. The number of nitrogens with two attached hydrogens (primary N) is 1. The summed E-state index contributed by atoms with van der Waals surface area (Å²) >= 11 is 0. The second-order valence-corrected chi connectivity index (χ2v) is 6.96. The number of anilines is 2. The molecule has 1 amide bonds. The summed E-state index contributed by atoms with van der Waals surface area (Å²) in [7, 11) is 0. The lowest BCUT2D eigenvalue weighted by Crippen LogP contribution is -2.31. The van der Waals surface area contributed by atoms with Crippen LogP contribution in [0.4, 0.5) is 11.8 Å². The molecule has 2 aliphatic carbocycles. The van der Waals surface area contributed by atoms with Gasteiger partial charge in [0, 0.05) is 18.3 Å². The fraction of sp³-hybridized carbons (Fsp3) is 0.706. The van der Waals surface area contributed by atoms with E-state index >= 15 is 0 Å². The molecule has 0 saturated heterocycles. The van der Waals surface area contributed by atoms with Gasteiger partial charge in [-0.1, -0.05) is 19.3 Å². The van der Waals surface area contributed by atoms with E-state index in [2.05, 4.69) is 20.6 Å². The first-order chi connectivity index (χ1) is 11.6. The van der Waals surface area contributed by atoms with E-state index in [0.717, 1.165) is 32.1 Å². The zero-order valence-corrected chi connectivity index (χ0v) is 14.0. The minimum absolute atomic E-state index is 0.101. The van der Waals surface area contributed by atoms with Crippen molar-refractivity contribution in [1.82, 2.24) is 9.97 Å². The molecule has 1 aromatic heterocycles. The summed E-state index contributed by atoms with van der Waals surface area (Å²) in [6.45, 7) is 0. The topological polar surface area (TPSA) is 113 Å². The summed E-state index contributed by atoms with van der Waals surface area (Å²) in [5, 5.41) is 16.5. The third-order valence-electron chi connectivity index (χ3n) is 4.98. The molecule has 0 aliphatic heterocycles. The lowest BCUT2D eigenvalue weighted by Gasteiger charge is -2.28. The zero-order valence-electron chi connectivity index (χ0n) is 14.0. The van der Waals surface area contributed by atoms with Crippen LogP contribution in [-0.2, 0) is 0 Å². The highest BCUT2D eigenvalue weighted by atomic mass is 16.3. The minimum Gasteiger partial charge on any atom is -0.393 e. The number of aromatic nitrogens is 2. The molecular formula is C17H27N5O2. The Balaban J connectivity index is 1.73. The summed E-state index contributed by atoms with van der Waals surface area (Å²) in [4.78, 5) is 20.4. The normalized spacial score (nSPS) is 25.2. The van der Waals surface area contributed by atoms with E-state index in [1.54, 1.807) is 0 Å². The van der Waals surface area contributed by atoms with E-state index in [1.807, 2.05) is 0 Å². The third-order valence-corrected chi connectivity index (χ3v) is 4.98. The van der Waals surface area contributed by atoms with Crippen molar-refractivity contribution in [3.05, 3.63) is 11.8 Å². The van der Waals surface area contributed by atoms with E-state index in [9.17, 15) is 9.90 Å². The molecule has 132 valence electrons. The molecular weight excluding hydrogens is 306 g/mol. The first-order valence-electron chi connectivity index (χ1n) is 9.00. The number of nitrogens with zero attached hydrogens (tertiary/aromatic N) is 2. The number of aliphatic hydroxyl groups excluding tert-OH is 1. The Kier molecular flexibility index (Phi) is 5.50. The molecule has 3 rings (SSSR count). The maximum Gasteiger partial charge on any atom is 0.254 e. The molecule has 2 atom stereocenters. The second-order valence-electron chi connectivity index (χ2n) is 6.96. The van der Waals surface area contributed by atoms with Crippen LogP contribution in [0, 0.1) is 0 Å². The maximum absolute atomic E-state index is 11.7. The van der Waals surface area contributed by atoms with E-state index in [0.29, 0.717) is 29.8 Å². The highest BCUT2D eigenvalue weighted by molar-refractivity contribution is 5.97. The smallest absolute Gasteiger partial charge is 0.254 e. The standard InChI is InChI=1S/C17H27N5O2/c18-15(24)14-10-19-17(21-11-5-2-1-3-6-11)22-16(14)20-12-7-4-8-13(23)9-12/h10-13,23H,1-9H2,(H2,18,24)(H2,19,20,21,22). The Morgan fingerprint density at radius 2 is 1.83 bits per heavy atom. The summed E-state index contributed by atoms with van der Waals surface area (Å²) in [6, 6.07) is 0.492. The highest BCUT2D eigenvalue weighted by Crippen LogP contribution is 2.25. The fourth-order valence-electron chi connectivity index (χ4n) is 3.66. The van der Waals surface area contributed by atoms with Gasteiger partial charge < -0.3 is 21.5 Å². The number of aliphatic hydroxyl groups is 1. The molecule has 7 nitrogen and oxygen atoms in total. The van der Waals surface area contributed by atoms with Gasteiger partial charge in [-0.3, -0.25) is 4.79 Å². The second kappa shape index (κ2) is 7.79. The zero-order chi connectivity index (χ0) is 16.9. The van der Waals surface area contributed by atoms with Gasteiger partial charge in [0.25, 0.3) is 5.91 Å². The van der Waals surface area contributed by atoms with Crippen molar-refractivity contribution in [3.63, 3.8) is 0 Å². The van der Waals surface area contributed by atoms with Crippen LogP contribution in [0.2, 0.25) is 0 Å². The number of carbonyl (C=O) groups excluding carboxylic acids is 1. The summed E-state index contributed by atoms with van der Waals surface area (Å²) in [5.74, 6) is 0.457. The van der Waals surface area contributed by atoms with Crippen LogP contribution in [0.1, 0.15) is 68.1 Å². The lowest BCUT2D eigenvalue weighted by atomic mass is 9.93. The van der Waals surface area contributed by atoms with Gasteiger partial charge in [-0.15, -0.1) is 0 Å². The molecule has 24 heavy (non-hydrogen) atoms. The molecule has 2 unspecified atom stereocenters. The van der Waals surface area contributed by atoms with Crippen molar-refractivity contribution in [2.45, 2.75) is 76.0 Å². The van der Waals surface area contributed by atoms with Crippen molar-refractivity contribution in [2.24, 2.45) is 5.73 Å². The summed E-state index contributed by atoms with van der Waals surface area (Å²) < 4.78 is 0. The molecule has 1 aromatic rings. The largest absolute Gasteiger partial charge is 0.393 e. The summed E-state index contributed by atoms with van der Waals surface area (Å²) in [6.07, 6.45) is 10.6. The Bertz CT molecular complexity index is 574. The average molecular weight is 333 g/mol. The fourth-order valence-corrected chi connectivity index (χ4v) is 3.66. The van der Waals surface area contributed by atoms with Crippen LogP contribution >= 0.6 is 0 Å². The van der Waals surface area contributed by atoms with Gasteiger partial charge in [-0.2, -0.15) is 4.98 Å². The molecule has 0 radical (unpaired) electrons. The van der Waals surface area contributed by atoms with Crippen LogP contribution < -0.4 is 16.4 Å². The average Bonchev–Trinajstić information content (AvgIpc) is 2.56. The van der Waals surface area contributed by atoms with Gasteiger partial charge >= 0.3 is 0 Å². The van der Waals surface area contributed by atoms with Crippen molar-refractivity contribution in [3.8, 4) is 0 Å². The molecule has 2 saturated carbocycles. The van der Waals surface area contributed by atoms with Crippen molar-refractivity contribution < 1.29 is 9.90 Å². The number of rotatable bonds is 5. The predicted octanol–water partition coefficient (Wildman–Crippen LogP) is 2.04. The van der Waals surface area contributed by atoms with E-state index < -0.39 is 5.91 Å². The SMILES string of the molecule is NC(=O)c1cnc(NC2CCCCC2)nc1NC1CCCC(O)C1. The lowest BCUT2D eigenvalue weighted by molar-refractivity contribution is 0.100. The number of hydrogen-bond acceptors (Lipinski definition) is 6. The van der Waals surface area contributed by atoms with Crippen molar-refractivity contribution >= 4 is 17.7 Å². The predicted molar refractivity (Wildman–Crippen MR) is 92.9 cm³/mol. The van der Waals surface area contributed by atoms with Crippen molar-refractivity contribution in [2.75, 3.05) is 10.6 Å². The quantitative estimate of drug-likeness (QED) is 0.656. The van der Waals surface area contributed by atoms with Crippen LogP contribution in [0.3, 0.4) is 0 Å². The van der Waals surface area contributed by atoms with Gasteiger partial charge in [0.2, 0.25) is 5.95 Å². The first kappa shape index (κ1) is 17.0. The minimum atomic E-state index is -0.543. The number of nitrogens with one attached hydrogen (secondary N) is 2. The van der Waals surface area contributed by atoms with E-state index in [-0.39, 0.29) is 12.1 Å². The molecule has 0 spiro atoms. The van der Waals surface area contributed by atoms with Crippen molar-refractivity contribution in [1.29, 1.82) is 0 Å². The van der Waals surface area contributed by atoms with Gasteiger partial charge in [0.1, 0.15) is 5.82 Å². The van der Waals surface area contributed by atoms with Gasteiger partial charge in [-0.25, -0.2) is 4.98 Å². The molecule has 2 fully saturated rings. The molecule has 5 N–H and O–H groups in total. The highest BCUT2D eigenvalue weighted by Gasteiger charge is 2.23. The van der Waals surface area contributed by atoms with Crippen LogP contribution in [0.5, 0.6) is 0 Å². The van der Waals surface area contributed by atoms with Crippen LogP contribution in [0.15, 0.2) is 6.20 Å². The number of carbonyl (C=O) groups is 1. The van der Waals surface area contributed by atoms with Gasteiger partial charge in [-0.05, 0) is 38.5 Å². The Morgan fingerprint density at radius 3 is 2.54 bits per heavy atom. The Hall–Kier alpha value is -1.89. The first-order valence-corrected chi connectivity index (χ1v) is 9.00. The summed E-state index contributed by atoms with van der Waals surface area (Å²) in [5.41, 5.74) is 5.75. The molecule has 0 aromatic carbocycles. The van der Waals surface area contributed by atoms with Gasteiger partial charge in [0.05, 0.1) is 11.7 Å². The van der Waals surface area contributed by atoms with Gasteiger partial charge in [0.15, 0.2) is 0 Å².